The number of benzene rings is 2. The van der Waals surface area contributed by atoms with E-state index in [1.54, 1.807) is 4.90 Å². The van der Waals surface area contributed by atoms with Gasteiger partial charge in [-0.3, -0.25) is 19.4 Å². The second kappa shape index (κ2) is 16.0. The van der Waals surface area contributed by atoms with Crippen LogP contribution in [0.5, 0.6) is 0 Å². The average molecular weight is 736 g/mol. The Morgan fingerprint density at radius 1 is 0.904 bits per heavy atom. The van der Waals surface area contributed by atoms with E-state index in [4.69, 9.17) is 11.6 Å². The Balaban J connectivity index is 1.05. The number of fused-ring (bicyclic) bond motifs is 1. The number of anilines is 1. The molecule has 0 bridgehead atoms. The molecule has 3 fully saturated rings. The van der Waals surface area contributed by atoms with E-state index < -0.39 is 18.1 Å². The molecule has 3 saturated heterocycles. The van der Waals surface area contributed by atoms with Gasteiger partial charge in [0.05, 0.1) is 0 Å². The highest BCUT2D eigenvalue weighted by Crippen LogP contribution is 2.29. The molecule has 0 aromatic heterocycles. The zero-order valence-corrected chi connectivity index (χ0v) is 31.7. The van der Waals surface area contributed by atoms with Gasteiger partial charge < -0.3 is 30.4 Å². The van der Waals surface area contributed by atoms with Crippen molar-refractivity contribution < 1.29 is 24.3 Å². The summed E-state index contributed by atoms with van der Waals surface area (Å²) in [7, 11) is 0. The molecule has 3 N–H and O–H groups in total. The Morgan fingerprint density at radius 2 is 1.54 bits per heavy atom. The number of nitrogens with one attached hydrogen (secondary N) is 2. The van der Waals surface area contributed by atoms with Crippen molar-refractivity contribution in [3.8, 4) is 0 Å². The quantitative estimate of drug-likeness (QED) is 0.353. The summed E-state index contributed by atoms with van der Waals surface area (Å²) in [6, 6.07) is 12.3. The van der Waals surface area contributed by atoms with E-state index in [1.807, 2.05) is 80.0 Å². The number of halogens is 1. The Hall–Kier alpha value is -3.87. The van der Waals surface area contributed by atoms with Crippen molar-refractivity contribution in [2.45, 2.75) is 90.5 Å². The van der Waals surface area contributed by atoms with Crippen LogP contribution in [0.1, 0.15) is 63.1 Å². The lowest BCUT2D eigenvalue weighted by Gasteiger charge is -2.46. The van der Waals surface area contributed by atoms with Gasteiger partial charge in [-0.25, -0.2) is 9.59 Å². The molecule has 12 nitrogen and oxygen atoms in total. The van der Waals surface area contributed by atoms with Crippen LogP contribution in [0.15, 0.2) is 42.5 Å². The first kappa shape index (κ1) is 37.9. The third-order valence-electron chi connectivity index (χ3n) is 11.4. The molecule has 5 amide bonds. The SMILES string of the molecule is Cc1cc(CC(NC(=O)N2CCC(N3Cc4ccccc4NC3=O)CC2)C(=O)N2CCC(N3CCN(C(C(=O)O)C(C)(C)C)CC3)CC2)ccc1Cl. The number of rotatable bonds is 8. The molecule has 2 unspecified atom stereocenters. The Morgan fingerprint density at radius 3 is 2.17 bits per heavy atom. The maximum absolute atomic E-state index is 14.2. The first-order chi connectivity index (χ1) is 24.8. The van der Waals surface area contributed by atoms with Gasteiger partial charge in [-0.1, -0.05) is 62.7 Å². The van der Waals surface area contributed by atoms with Gasteiger partial charge in [-0.15, -0.1) is 0 Å². The number of aryl methyl sites for hydroxylation is 1. The van der Waals surface area contributed by atoms with E-state index in [1.165, 1.54) is 0 Å². The summed E-state index contributed by atoms with van der Waals surface area (Å²) in [4.78, 5) is 62.9. The van der Waals surface area contributed by atoms with Gasteiger partial charge in [0.25, 0.3) is 0 Å². The maximum atomic E-state index is 14.2. The Labute approximate surface area is 312 Å². The second-order valence-corrected chi connectivity index (χ2v) is 16.4. The number of para-hydroxylation sites is 1. The van der Waals surface area contributed by atoms with Gasteiger partial charge in [0.2, 0.25) is 5.91 Å². The predicted octanol–water partition coefficient (Wildman–Crippen LogP) is 4.89. The van der Waals surface area contributed by atoms with Crippen molar-refractivity contribution >= 4 is 41.2 Å². The molecule has 0 spiro atoms. The van der Waals surface area contributed by atoms with Crippen LogP contribution >= 0.6 is 11.6 Å². The largest absolute Gasteiger partial charge is 0.480 e. The van der Waals surface area contributed by atoms with Gasteiger partial charge in [0.1, 0.15) is 12.1 Å². The van der Waals surface area contributed by atoms with Crippen molar-refractivity contribution in [2.75, 3.05) is 57.7 Å². The van der Waals surface area contributed by atoms with Gasteiger partial charge in [-0.05, 0) is 66.8 Å². The van der Waals surface area contributed by atoms with Crippen molar-refractivity contribution in [3.63, 3.8) is 0 Å². The number of carbonyl (C=O) groups is 4. The molecule has 13 heteroatoms. The molecule has 4 aliphatic rings. The normalized spacial score (nSPS) is 20.9. The monoisotopic (exact) mass is 735 g/mol. The molecule has 2 atom stereocenters. The summed E-state index contributed by atoms with van der Waals surface area (Å²) >= 11 is 6.31. The molecule has 6 rings (SSSR count). The number of hydrogen-bond acceptors (Lipinski definition) is 6. The summed E-state index contributed by atoms with van der Waals surface area (Å²) in [5, 5.41) is 16.7. The summed E-state index contributed by atoms with van der Waals surface area (Å²) < 4.78 is 0. The van der Waals surface area contributed by atoms with E-state index in [0.29, 0.717) is 76.1 Å². The van der Waals surface area contributed by atoms with Crippen molar-refractivity contribution in [1.82, 2.24) is 29.8 Å². The minimum atomic E-state index is -0.773. The number of piperidine rings is 2. The van der Waals surface area contributed by atoms with Gasteiger partial charge in [0.15, 0.2) is 0 Å². The number of aliphatic carboxylic acids is 1. The molecule has 2 aromatic rings. The molecule has 282 valence electrons. The first-order valence-electron chi connectivity index (χ1n) is 18.7. The molecule has 0 radical (unpaired) electrons. The Kier molecular flexibility index (Phi) is 11.7. The Bertz CT molecular complexity index is 1620. The lowest BCUT2D eigenvalue weighted by molar-refractivity contribution is -0.149. The molecular weight excluding hydrogens is 682 g/mol. The third-order valence-corrected chi connectivity index (χ3v) is 11.8. The summed E-state index contributed by atoms with van der Waals surface area (Å²) in [5.74, 6) is -0.858. The van der Waals surface area contributed by atoms with Crippen LogP contribution in [0, 0.1) is 12.3 Å². The lowest BCUT2D eigenvalue weighted by atomic mass is 9.85. The fourth-order valence-corrected chi connectivity index (χ4v) is 8.63. The third kappa shape index (κ3) is 8.66. The number of likely N-dealkylation sites (tertiary alicyclic amines) is 2. The maximum Gasteiger partial charge on any atom is 0.322 e. The molecule has 2 aromatic carbocycles. The zero-order valence-electron chi connectivity index (χ0n) is 30.9. The zero-order chi connectivity index (χ0) is 37.2. The van der Waals surface area contributed by atoms with E-state index in [0.717, 1.165) is 48.3 Å². The minimum absolute atomic E-state index is 0.0215. The number of hydrogen-bond donors (Lipinski definition) is 3. The molecule has 0 aliphatic carbocycles. The van der Waals surface area contributed by atoms with Crippen LogP contribution in [0.4, 0.5) is 15.3 Å². The van der Waals surface area contributed by atoms with Crippen LogP contribution in [-0.4, -0.2) is 130 Å². The second-order valence-electron chi connectivity index (χ2n) is 16.0. The van der Waals surface area contributed by atoms with Crippen molar-refractivity contribution in [3.05, 3.63) is 64.2 Å². The van der Waals surface area contributed by atoms with Gasteiger partial charge in [0, 0.05) is 88.1 Å². The molecular formula is C39H54ClN7O5. The van der Waals surface area contributed by atoms with E-state index in [-0.39, 0.29) is 29.4 Å². The topological polar surface area (TPSA) is 129 Å². The van der Waals surface area contributed by atoms with Crippen LogP contribution in [0.3, 0.4) is 0 Å². The molecule has 4 aliphatic heterocycles. The predicted molar refractivity (Wildman–Crippen MR) is 201 cm³/mol. The minimum Gasteiger partial charge on any atom is -0.480 e. The van der Waals surface area contributed by atoms with Gasteiger partial charge in [-0.2, -0.15) is 0 Å². The van der Waals surface area contributed by atoms with Crippen LogP contribution in [-0.2, 0) is 22.6 Å². The number of urea groups is 2. The fraction of sp³-hybridized carbons (Fsp3) is 0.590. The summed E-state index contributed by atoms with van der Waals surface area (Å²) in [5.41, 5.74) is 3.42. The van der Waals surface area contributed by atoms with E-state index in [2.05, 4.69) is 20.4 Å². The average Bonchev–Trinajstić information content (AvgIpc) is 3.12. The standard InChI is InChI=1S/C39H54ClN7O5/c1-26-23-27(9-10-31(26)40)24-33(42-37(51)46-17-13-30(14-18-46)47-25-28-7-5-6-8-32(28)41-38(47)52)35(48)45-15-11-29(12-16-45)43-19-21-44(22-20-43)34(36(49)50)39(2,3)4/h5-10,23,29-30,33-34H,11-22,24-25H2,1-4H3,(H,41,52)(H,42,51)(H,49,50). The highest BCUT2D eigenvalue weighted by molar-refractivity contribution is 6.31. The fourth-order valence-electron chi connectivity index (χ4n) is 8.51. The first-order valence-corrected chi connectivity index (χ1v) is 19.1. The van der Waals surface area contributed by atoms with Crippen LogP contribution in [0.2, 0.25) is 5.02 Å². The van der Waals surface area contributed by atoms with E-state index in [9.17, 15) is 24.3 Å². The van der Waals surface area contributed by atoms with Gasteiger partial charge >= 0.3 is 18.0 Å². The van der Waals surface area contributed by atoms with Crippen molar-refractivity contribution in [1.29, 1.82) is 0 Å². The number of carboxylic acids is 1. The summed E-state index contributed by atoms with van der Waals surface area (Å²) in [6.45, 7) is 13.6. The number of amides is 5. The van der Waals surface area contributed by atoms with Crippen LogP contribution in [0.25, 0.3) is 0 Å². The lowest BCUT2D eigenvalue weighted by Crippen LogP contribution is -2.60. The van der Waals surface area contributed by atoms with Crippen LogP contribution < -0.4 is 10.6 Å². The molecule has 52 heavy (non-hydrogen) atoms. The number of carboxylic acid groups (broad SMARTS) is 1. The highest BCUT2D eigenvalue weighted by atomic mass is 35.5. The summed E-state index contributed by atoms with van der Waals surface area (Å²) in [6.07, 6.45) is 3.33. The molecule has 4 heterocycles. The smallest absolute Gasteiger partial charge is 0.322 e. The highest BCUT2D eigenvalue weighted by Gasteiger charge is 2.40. The number of carbonyl (C=O) groups excluding carboxylic acids is 3. The number of piperazine rings is 1. The molecule has 0 saturated carbocycles. The number of nitrogens with zero attached hydrogens (tertiary/aromatic N) is 5. The van der Waals surface area contributed by atoms with Crippen molar-refractivity contribution in [2.24, 2.45) is 5.41 Å². The van der Waals surface area contributed by atoms with E-state index >= 15 is 0 Å².